The number of hydrogen-bond donors (Lipinski definition) is 4. The van der Waals surface area contributed by atoms with Crippen LogP contribution in [-0.2, 0) is 0 Å². The summed E-state index contributed by atoms with van der Waals surface area (Å²) in [6, 6.07) is 17.3. The summed E-state index contributed by atoms with van der Waals surface area (Å²) in [4.78, 5) is 8.39. The maximum atomic E-state index is 6.19. The zero-order chi connectivity index (χ0) is 17.5. The molecule has 0 atom stereocenters. The number of hydrogen-bond acceptors (Lipinski definition) is 7. The van der Waals surface area contributed by atoms with Gasteiger partial charge in [0, 0.05) is 0 Å². The molecule has 0 saturated carbocycles. The fourth-order valence-corrected chi connectivity index (χ4v) is 2.23. The molecule has 0 saturated heterocycles. The molecule has 0 aliphatic heterocycles. The van der Waals surface area contributed by atoms with E-state index in [0.29, 0.717) is 23.9 Å². The van der Waals surface area contributed by atoms with Crippen molar-refractivity contribution in [1.82, 2.24) is 9.97 Å². The normalized spacial score (nSPS) is 10.1. The van der Waals surface area contributed by atoms with E-state index in [0.717, 1.165) is 17.1 Å². The second-order valence-corrected chi connectivity index (χ2v) is 5.15. The van der Waals surface area contributed by atoms with Crippen molar-refractivity contribution in [2.75, 3.05) is 28.5 Å². The van der Waals surface area contributed by atoms with Crippen molar-refractivity contribution in [1.29, 1.82) is 0 Å². The molecule has 3 rings (SSSR count). The highest BCUT2D eigenvalue weighted by molar-refractivity contribution is 5.79. The highest BCUT2D eigenvalue weighted by Crippen LogP contribution is 2.30. The topological polar surface area (TPSA) is 97.1 Å². The lowest BCUT2D eigenvalue weighted by atomic mass is 10.3. The summed E-state index contributed by atoms with van der Waals surface area (Å²) in [6.07, 6.45) is 1.44. The molecule has 2 aromatic carbocycles. The van der Waals surface area contributed by atoms with E-state index in [1.54, 1.807) is 0 Å². The molecule has 25 heavy (non-hydrogen) atoms. The first kappa shape index (κ1) is 16.4. The Balaban J connectivity index is 1.77. The Kier molecular flexibility index (Phi) is 5.16. The van der Waals surface area contributed by atoms with Crippen LogP contribution in [0.25, 0.3) is 0 Å². The second kappa shape index (κ2) is 7.87. The molecule has 7 heteroatoms. The lowest BCUT2D eigenvalue weighted by Gasteiger charge is -2.15. The molecule has 5 N–H and O–H groups in total. The third-order valence-corrected chi connectivity index (χ3v) is 3.42. The fraction of sp³-hybridized carbons (Fsp3) is 0.111. The van der Waals surface area contributed by atoms with Gasteiger partial charge in [0.25, 0.3) is 0 Å². The van der Waals surface area contributed by atoms with E-state index in [2.05, 4.69) is 26.1 Å². The first-order chi connectivity index (χ1) is 12.3. The Bertz CT molecular complexity index is 825. The Hall–Kier alpha value is -3.48. The van der Waals surface area contributed by atoms with Crippen molar-refractivity contribution >= 4 is 28.7 Å². The number of rotatable bonds is 7. The van der Waals surface area contributed by atoms with E-state index in [9.17, 15) is 0 Å². The van der Waals surface area contributed by atoms with Crippen molar-refractivity contribution in [3.8, 4) is 5.75 Å². The van der Waals surface area contributed by atoms with Crippen LogP contribution in [0, 0.1) is 0 Å². The summed E-state index contributed by atoms with van der Waals surface area (Å²) in [5.74, 6) is 1.72. The van der Waals surface area contributed by atoms with E-state index in [-0.39, 0.29) is 0 Å². The van der Waals surface area contributed by atoms with Crippen molar-refractivity contribution < 1.29 is 4.74 Å². The van der Waals surface area contributed by atoms with Gasteiger partial charge in [-0.2, -0.15) is 0 Å². The fourth-order valence-electron chi connectivity index (χ4n) is 2.23. The smallest absolute Gasteiger partial charge is 0.173 e. The number of nitrogens with one attached hydrogen (secondary N) is 3. The van der Waals surface area contributed by atoms with Gasteiger partial charge in [0.15, 0.2) is 11.6 Å². The van der Waals surface area contributed by atoms with Crippen LogP contribution in [0.15, 0.2) is 60.9 Å². The summed E-state index contributed by atoms with van der Waals surface area (Å²) in [5.41, 5.74) is 14.3. The molecule has 0 aliphatic rings. The molecule has 0 bridgehead atoms. The Morgan fingerprint density at radius 3 is 2.44 bits per heavy atom. The van der Waals surface area contributed by atoms with Gasteiger partial charge in [-0.1, -0.05) is 30.3 Å². The molecule has 0 spiro atoms. The van der Waals surface area contributed by atoms with Crippen molar-refractivity contribution in [3.05, 3.63) is 60.9 Å². The third kappa shape index (κ3) is 4.08. The molecule has 0 aliphatic carbocycles. The molecular weight excluding hydrogens is 316 g/mol. The zero-order valence-corrected chi connectivity index (χ0v) is 13.9. The molecule has 0 radical (unpaired) electrons. The lowest BCUT2D eigenvalue weighted by Crippen LogP contribution is -2.13. The van der Waals surface area contributed by atoms with E-state index in [1.807, 2.05) is 61.5 Å². The number of hydrazine groups is 1. The second-order valence-electron chi connectivity index (χ2n) is 5.15. The lowest BCUT2D eigenvalue weighted by molar-refractivity contribution is 0.342. The van der Waals surface area contributed by atoms with Crippen LogP contribution < -0.4 is 26.6 Å². The van der Waals surface area contributed by atoms with E-state index >= 15 is 0 Å². The number of nitrogen functional groups attached to an aromatic ring is 1. The number of nitrogens with two attached hydrogens (primary N) is 1. The van der Waals surface area contributed by atoms with Gasteiger partial charge in [-0.15, -0.1) is 0 Å². The van der Waals surface area contributed by atoms with Crippen LogP contribution in [0.1, 0.15) is 6.92 Å². The summed E-state index contributed by atoms with van der Waals surface area (Å²) in [5, 5.41) is 3.20. The van der Waals surface area contributed by atoms with E-state index in [4.69, 9.17) is 10.5 Å². The number of nitrogens with zero attached hydrogens (tertiary/aromatic N) is 2. The van der Waals surface area contributed by atoms with Crippen LogP contribution in [0.4, 0.5) is 28.7 Å². The van der Waals surface area contributed by atoms with Crippen molar-refractivity contribution in [3.63, 3.8) is 0 Å². The van der Waals surface area contributed by atoms with Gasteiger partial charge < -0.3 is 15.8 Å². The molecule has 1 heterocycles. The summed E-state index contributed by atoms with van der Waals surface area (Å²) in [7, 11) is 0. The van der Waals surface area contributed by atoms with Gasteiger partial charge in [0.2, 0.25) is 0 Å². The van der Waals surface area contributed by atoms with E-state index < -0.39 is 0 Å². The molecule has 0 fully saturated rings. The van der Waals surface area contributed by atoms with Crippen LogP contribution in [-0.4, -0.2) is 16.6 Å². The molecule has 0 amide bonds. The summed E-state index contributed by atoms with van der Waals surface area (Å²) in [6.45, 7) is 2.51. The molecule has 0 unspecified atom stereocenters. The van der Waals surface area contributed by atoms with Crippen LogP contribution in [0.2, 0.25) is 0 Å². The average Bonchev–Trinajstić information content (AvgIpc) is 2.65. The minimum Gasteiger partial charge on any atom is -0.492 e. The molecular formula is C18H20N6O. The largest absolute Gasteiger partial charge is 0.492 e. The summed E-state index contributed by atoms with van der Waals surface area (Å²) < 4.78 is 5.61. The van der Waals surface area contributed by atoms with Crippen LogP contribution in [0.5, 0.6) is 5.75 Å². The van der Waals surface area contributed by atoms with Crippen molar-refractivity contribution in [2.24, 2.45) is 0 Å². The predicted molar refractivity (Wildman–Crippen MR) is 101 cm³/mol. The van der Waals surface area contributed by atoms with Gasteiger partial charge in [-0.25, -0.2) is 9.97 Å². The minimum absolute atomic E-state index is 0.400. The maximum absolute atomic E-state index is 6.19. The monoisotopic (exact) mass is 336 g/mol. The quantitative estimate of drug-likeness (QED) is 0.489. The minimum atomic E-state index is 0.400. The number of ether oxygens (including phenoxy) is 1. The van der Waals surface area contributed by atoms with Crippen LogP contribution in [0.3, 0.4) is 0 Å². The van der Waals surface area contributed by atoms with Gasteiger partial charge in [-0.05, 0) is 31.2 Å². The maximum Gasteiger partial charge on any atom is 0.173 e. The molecule has 3 aromatic rings. The Morgan fingerprint density at radius 1 is 0.920 bits per heavy atom. The number of aromatic nitrogens is 2. The Labute approximate surface area is 146 Å². The van der Waals surface area contributed by atoms with Gasteiger partial charge in [-0.3, -0.25) is 10.9 Å². The number of para-hydroxylation sites is 3. The highest BCUT2D eigenvalue weighted by Gasteiger charge is 2.10. The molecule has 7 nitrogen and oxygen atoms in total. The van der Waals surface area contributed by atoms with E-state index in [1.165, 1.54) is 6.33 Å². The third-order valence-electron chi connectivity index (χ3n) is 3.42. The average molecular weight is 336 g/mol. The SMILES string of the molecule is CCOc1ccccc1Nc1ncnc(NNc2ccccc2)c1N. The first-order valence-corrected chi connectivity index (χ1v) is 7.94. The summed E-state index contributed by atoms with van der Waals surface area (Å²) >= 11 is 0. The standard InChI is InChI=1S/C18H20N6O/c1-2-25-15-11-7-6-10-14(15)22-17-16(19)18(21-12-20-17)24-23-13-8-4-3-5-9-13/h3-12,23H,2,19H2,1H3,(H2,20,21,22,24). The highest BCUT2D eigenvalue weighted by atomic mass is 16.5. The number of anilines is 5. The first-order valence-electron chi connectivity index (χ1n) is 7.94. The number of benzene rings is 2. The van der Waals surface area contributed by atoms with Crippen LogP contribution >= 0.6 is 0 Å². The molecule has 128 valence electrons. The Morgan fingerprint density at radius 2 is 1.64 bits per heavy atom. The van der Waals surface area contributed by atoms with Gasteiger partial charge >= 0.3 is 0 Å². The van der Waals surface area contributed by atoms with Gasteiger partial charge in [0.05, 0.1) is 18.0 Å². The zero-order valence-electron chi connectivity index (χ0n) is 13.9. The predicted octanol–water partition coefficient (Wildman–Crippen LogP) is 3.64. The molecule has 1 aromatic heterocycles. The van der Waals surface area contributed by atoms with Crippen molar-refractivity contribution in [2.45, 2.75) is 6.92 Å². The van der Waals surface area contributed by atoms with Gasteiger partial charge in [0.1, 0.15) is 17.8 Å².